The lowest BCUT2D eigenvalue weighted by Gasteiger charge is -2.14. The first kappa shape index (κ1) is 21.9. The molecule has 0 amide bonds. The topological polar surface area (TPSA) is 50.7 Å². The van der Waals surface area contributed by atoms with Gasteiger partial charge in [0.25, 0.3) is 0 Å². The number of hydrogen-bond donors (Lipinski definition) is 2. The number of ether oxygens (including phenoxy) is 2. The van der Waals surface area contributed by atoms with Crippen molar-refractivity contribution in [3.8, 4) is 17.2 Å². The number of phenols is 1. The van der Waals surface area contributed by atoms with Gasteiger partial charge in [-0.2, -0.15) is 0 Å². The van der Waals surface area contributed by atoms with Crippen molar-refractivity contribution >= 4 is 11.4 Å². The van der Waals surface area contributed by atoms with Gasteiger partial charge in [-0.05, 0) is 29.8 Å². The van der Waals surface area contributed by atoms with Gasteiger partial charge in [0.1, 0.15) is 5.75 Å². The van der Waals surface area contributed by atoms with Crippen molar-refractivity contribution in [3.05, 3.63) is 90.5 Å². The Morgan fingerprint density at radius 3 is 2.41 bits per heavy atom. The zero-order valence-electron chi connectivity index (χ0n) is 17.3. The molecule has 4 heteroatoms. The first-order chi connectivity index (χ1) is 14.2. The van der Waals surface area contributed by atoms with Crippen LogP contribution >= 0.6 is 0 Å². The van der Waals surface area contributed by atoms with E-state index in [2.05, 4.69) is 24.0 Å². The molecule has 0 radical (unpaired) electrons. The number of hydrogen-bond acceptors (Lipinski definition) is 4. The highest BCUT2D eigenvalue weighted by Crippen LogP contribution is 2.34. The SMILES string of the molecule is C=C(Nc1cccc(OCCc2ccccc2)c1)c1cccc(OC)c1O.CC. The molecular weight excluding hydrogens is 362 g/mol. The van der Waals surface area contributed by atoms with Gasteiger partial charge in [-0.15, -0.1) is 0 Å². The second kappa shape index (κ2) is 11.4. The number of methoxy groups -OCH3 is 1. The monoisotopic (exact) mass is 391 g/mol. The molecule has 0 aliphatic heterocycles. The molecule has 0 saturated carbocycles. The number of anilines is 1. The van der Waals surface area contributed by atoms with Gasteiger partial charge in [0, 0.05) is 29.4 Å². The third-order valence-corrected chi connectivity index (χ3v) is 4.18. The van der Waals surface area contributed by atoms with Gasteiger partial charge in [-0.25, -0.2) is 0 Å². The van der Waals surface area contributed by atoms with E-state index in [1.165, 1.54) is 12.7 Å². The fraction of sp³-hybridized carbons (Fsp3) is 0.200. The molecule has 0 spiro atoms. The molecule has 0 atom stereocenters. The van der Waals surface area contributed by atoms with E-state index in [9.17, 15) is 5.11 Å². The molecule has 3 aromatic rings. The Hall–Kier alpha value is -3.40. The highest BCUT2D eigenvalue weighted by Gasteiger charge is 2.10. The Labute approximate surface area is 173 Å². The van der Waals surface area contributed by atoms with Crippen LogP contribution in [-0.2, 0) is 6.42 Å². The summed E-state index contributed by atoms with van der Waals surface area (Å²) in [4.78, 5) is 0. The molecule has 152 valence electrons. The standard InChI is InChI=1S/C23H23NO3.C2H6/c1-17(21-12-7-13-22(26-2)23(21)25)24-19-10-6-11-20(16-19)27-15-14-18-8-4-3-5-9-18;1-2/h3-13,16,24-25H,1,14-15H2,2H3;1-2H3. The second-order valence-electron chi connectivity index (χ2n) is 6.07. The van der Waals surface area contributed by atoms with Gasteiger partial charge in [0.15, 0.2) is 11.5 Å². The molecule has 0 bridgehead atoms. The van der Waals surface area contributed by atoms with E-state index in [4.69, 9.17) is 9.47 Å². The molecule has 4 nitrogen and oxygen atoms in total. The molecule has 2 N–H and O–H groups in total. The number of para-hydroxylation sites is 1. The average molecular weight is 392 g/mol. The van der Waals surface area contributed by atoms with Crippen molar-refractivity contribution < 1.29 is 14.6 Å². The maximum atomic E-state index is 10.3. The predicted octanol–water partition coefficient (Wildman–Crippen LogP) is 6.13. The van der Waals surface area contributed by atoms with Crippen molar-refractivity contribution in [1.29, 1.82) is 0 Å². The molecule has 29 heavy (non-hydrogen) atoms. The van der Waals surface area contributed by atoms with Crippen molar-refractivity contribution in [2.75, 3.05) is 19.0 Å². The van der Waals surface area contributed by atoms with E-state index in [1.807, 2.05) is 62.4 Å². The lowest BCUT2D eigenvalue weighted by molar-refractivity contribution is 0.322. The van der Waals surface area contributed by atoms with Gasteiger partial charge in [-0.3, -0.25) is 0 Å². The molecule has 0 aliphatic rings. The molecule has 3 aromatic carbocycles. The van der Waals surface area contributed by atoms with Crippen LogP contribution in [0.4, 0.5) is 5.69 Å². The summed E-state index contributed by atoms with van der Waals surface area (Å²) in [6.45, 7) is 8.62. The summed E-state index contributed by atoms with van der Waals surface area (Å²) in [5.74, 6) is 1.25. The van der Waals surface area contributed by atoms with Crippen LogP contribution in [0.1, 0.15) is 25.0 Å². The number of phenolic OH excluding ortho intramolecular Hbond substituents is 1. The van der Waals surface area contributed by atoms with E-state index in [0.717, 1.165) is 17.9 Å². The van der Waals surface area contributed by atoms with Crippen molar-refractivity contribution in [3.63, 3.8) is 0 Å². The fourth-order valence-corrected chi connectivity index (χ4v) is 2.77. The van der Waals surface area contributed by atoms with E-state index in [-0.39, 0.29) is 5.75 Å². The minimum Gasteiger partial charge on any atom is -0.504 e. The van der Waals surface area contributed by atoms with Crippen LogP contribution in [-0.4, -0.2) is 18.8 Å². The smallest absolute Gasteiger partial charge is 0.167 e. The quantitative estimate of drug-likeness (QED) is 0.485. The van der Waals surface area contributed by atoms with Gasteiger partial charge in [0.2, 0.25) is 0 Å². The maximum Gasteiger partial charge on any atom is 0.167 e. The average Bonchev–Trinajstić information content (AvgIpc) is 2.76. The Bertz CT molecular complexity index is 907. The van der Waals surface area contributed by atoms with Gasteiger partial charge < -0.3 is 19.9 Å². The van der Waals surface area contributed by atoms with Gasteiger partial charge >= 0.3 is 0 Å². The van der Waals surface area contributed by atoms with Crippen LogP contribution in [0, 0.1) is 0 Å². The fourth-order valence-electron chi connectivity index (χ4n) is 2.77. The molecular formula is C25H29NO3. The molecule has 0 unspecified atom stereocenters. The summed E-state index contributed by atoms with van der Waals surface area (Å²) in [6, 6.07) is 23.2. The third kappa shape index (κ3) is 6.32. The van der Waals surface area contributed by atoms with E-state index in [0.29, 0.717) is 23.6 Å². The third-order valence-electron chi connectivity index (χ3n) is 4.18. The Morgan fingerprint density at radius 2 is 1.69 bits per heavy atom. The van der Waals surface area contributed by atoms with Crippen LogP contribution in [0.5, 0.6) is 17.2 Å². The van der Waals surface area contributed by atoms with E-state index in [1.54, 1.807) is 12.1 Å². The summed E-state index contributed by atoms with van der Waals surface area (Å²) < 4.78 is 11.0. The minimum atomic E-state index is 0.0627. The van der Waals surface area contributed by atoms with Crippen LogP contribution in [0.2, 0.25) is 0 Å². The molecule has 0 fully saturated rings. The molecule has 0 aliphatic carbocycles. The Kier molecular flexibility index (Phi) is 8.64. The van der Waals surface area contributed by atoms with Crippen LogP contribution in [0.25, 0.3) is 5.70 Å². The summed E-state index contributed by atoms with van der Waals surface area (Å²) in [5, 5.41) is 13.5. The van der Waals surface area contributed by atoms with Crippen LogP contribution in [0.3, 0.4) is 0 Å². The number of benzene rings is 3. The van der Waals surface area contributed by atoms with Crippen LogP contribution < -0.4 is 14.8 Å². The normalized spacial score (nSPS) is 9.76. The molecule has 0 saturated heterocycles. The number of aromatic hydroxyl groups is 1. The summed E-state index contributed by atoms with van der Waals surface area (Å²) in [5.41, 5.74) is 3.24. The van der Waals surface area contributed by atoms with Crippen LogP contribution in [0.15, 0.2) is 79.4 Å². The van der Waals surface area contributed by atoms with Crippen molar-refractivity contribution in [2.24, 2.45) is 0 Å². The number of nitrogens with one attached hydrogen (secondary N) is 1. The predicted molar refractivity (Wildman–Crippen MR) is 121 cm³/mol. The first-order valence-corrected chi connectivity index (χ1v) is 9.76. The molecule has 0 aromatic heterocycles. The van der Waals surface area contributed by atoms with E-state index < -0.39 is 0 Å². The number of rotatable bonds is 8. The zero-order chi connectivity index (χ0) is 21.1. The summed E-state index contributed by atoms with van der Waals surface area (Å²) >= 11 is 0. The highest BCUT2D eigenvalue weighted by molar-refractivity contribution is 5.79. The van der Waals surface area contributed by atoms with Gasteiger partial charge in [0.05, 0.1) is 13.7 Å². The summed E-state index contributed by atoms with van der Waals surface area (Å²) in [7, 11) is 1.52. The maximum absolute atomic E-state index is 10.3. The largest absolute Gasteiger partial charge is 0.504 e. The lowest BCUT2D eigenvalue weighted by Crippen LogP contribution is -2.02. The zero-order valence-corrected chi connectivity index (χ0v) is 17.3. The Morgan fingerprint density at radius 1 is 0.966 bits per heavy atom. The van der Waals surface area contributed by atoms with Crippen molar-refractivity contribution in [1.82, 2.24) is 0 Å². The highest BCUT2D eigenvalue weighted by atomic mass is 16.5. The second-order valence-corrected chi connectivity index (χ2v) is 6.07. The van der Waals surface area contributed by atoms with Crippen molar-refractivity contribution in [2.45, 2.75) is 20.3 Å². The minimum absolute atomic E-state index is 0.0627. The molecule has 3 rings (SSSR count). The first-order valence-electron chi connectivity index (χ1n) is 9.76. The molecule has 0 heterocycles. The van der Waals surface area contributed by atoms with E-state index >= 15 is 0 Å². The van der Waals surface area contributed by atoms with Gasteiger partial charge in [-0.1, -0.05) is 62.9 Å². The Balaban J connectivity index is 0.00000145. The lowest BCUT2D eigenvalue weighted by atomic mass is 10.1. The summed E-state index contributed by atoms with van der Waals surface area (Å²) in [6.07, 6.45) is 0.850.